The van der Waals surface area contributed by atoms with Gasteiger partial charge in [-0.3, -0.25) is 4.79 Å². The lowest BCUT2D eigenvalue weighted by molar-refractivity contribution is 0.0949. The Morgan fingerprint density at radius 1 is 0.862 bits per heavy atom. The van der Waals surface area contributed by atoms with E-state index in [2.05, 4.69) is 0 Å². The topological polar surface area (TPSA) is 57.3 Å². The minimum atomic E-state index is -0.572. The molecule has 0 unspecified atom stereocenters. The largest absolute Gasteiger partial charge is 0.493 e. The number of epoxide rings is 1. The van der Waals surface area contributed by atoms with Crippen LogP contribution in [0.3, 0.4) is 0 Å². The number of benzene rings is 3. The molecule has 1 aliphatic heterocycles. The van der Waals surface area contributed by atoms with Crippen LogP contribution in [-0.4, -0.2) is 26.1 Å². The van der Waals surface area contributed by atoms with Crippen molar-refractivity contribution in [1.82, 2.24) is 0 Å². The van der Waals surface area contributed by atoms with E-state index in [-0.39, 0.29) is 11.9 Å². The third-order valence-electron chi connectivity index (χ3n) is 4.88. The Morgan fingerprint density at radius 2 is 1.59 bits per heavy atom. The monoisotopic (exact) mass is 390 g/mol. The van der Waals surface area contributed by atoms with Crippen LogP contribution < -0.4 is 14.2 Å². The molecule has 0 bridgehead atoms. The molecule has 4 rings (SSSR count). The van der Waals surface area contributed by atoms with E-state index in [0.29, 0.717) is 29.4 Å². The van der Waals surface area contributed by atoms with Crippen molar-refractivity contribution in [2.24, 2.45) is 0 Å². The fraction of sp³-hybridized carbons (Fsp3) is 0.208. The second kappa shape index (κ2) is 8.37. The van der Waals surface area contributed by atoms with E-state index in [1.807, 2.05) is 60.7 Å². The van der Waals surface area contributed by atoms with E-state index in [1.54, 1.807) is 26.4 Å². The van der Waals surface area contributed by atoms with Gasteiger partial charge in [0.1, 0.15) is 18.5 Å². The lowest BCUT2D eigenvalue weighted by Gasteiger charge is -2.11. The molecule has 1 fully saturated rings. The minimum absolute atomic E-state index is 0.108. The molecule has 0 amide bonds. The predicted molar refractivity (Wildman–Crippen MR) is 109 cm³/mol. The molecular formula is C24H22O5. The Bertz CT molecular complexity index is 999. The van der Waals surface area contributed by atoms with E-state index in [0.717, 1.165) is 11.1 Å². The van der Waals surface area contributed by atoms with Gasteiger partial charge in [0.25, 0.3) is 0 Å². The van der Waals surface area contributed by atoms with Gasteiger partial charge < -0.3 is 18.9 Å². The third-order valence-corrected chi connectivity index (χ3v) is 4.88. The van der Waals surface area contributed by atoms with E-state index in [9.17, 15) is 4.79 Å². The first-order valence-electron chi connectivity index (χ1n) is 9.39. The van der Waals surface area contributed by atoms with Gasteiger partial charge in [-0.05, 0) is 23.8 Å². The Kier molecular flexibility index (Phi) is 5.49. The Hall–Kier alpha value is -3.31. The summed E-state index contributed by atoms with van der Waals surface area (Å²) in [5.41, 5.74) is 2.35. The van der Waals surface area contributed by atoms with Crippen LogP contribution in [0.25, 0.3) is 0 Å². The van der Waals surface area contributed by atoms with Crippen LogP contribution in [0.4, 0.5) is 0 Å². The Labute approximate surface area is 169 Å². The third kappa shape index (κ3) is 3.96. The highest BCUT2D eigenvalue weighted by Gasteiger charge is 2.48. The molecule has 1 saturated heterocycles. The molecule has 0 aliphatic carbocycles. The van der Waals surface area contributed by atoms with Crippen LogP contribution in [0.15, 0.2) is 72.8 Å². The van der Waals surface area contributed by atoms with Crippen LogP contribution >= 0.6 is 0 Å². The molecule has 0 saturated carbocycles. The minimum Gasteiger partial charge on any atom is -0.493 e. The molecule has 0 spiro atoms. The number of Topliss-reactive ketones (excluding diaryl/α,β-unsaturated/α-hetero) is 1. The Balaban J connectivity index is 1.52. The van der Waals surface area contributed by atoms with Gasteiger partial charge in [-0.25, -0.2) is 0 Å². The molecule has 0 N–H and O–H groups in total. The first-order valence-corrected chi connectivity index (χ1v) is 9.39. The number of ketones is 1. The van der Waals surface area contributed by atoms with Gasteiger partial charge in [0.2, 0.25) is 0 Å². The lowest BCUT2D eigenvalue weighted by Crippen LogP contribution is -2.11. The van der Waals surface area contributed by atoms with Crippen LogP contribution in [0, 0.1) is 0 Å². The summed E-state index contributed by atoms with van der Waals surface area (Å²) in [5.74, 6) is 1.64. The molecule has 5 heteroatoms. The fourth-order valence-electron chi connectivity index (χ4n) is 3.37. The Morgan fingerprint density at radius 3 is 2.34 bits per heavy atom. The van der Waals surface area contributed by atoms with Crippen molar-refractivity contribution in [1.29, 1.82) is 0 Å². The van der Waals surface area contributed by atoms with Gasteiger partial charge in [0, 0.05) is 5.56 Å². The van der Waals surface area contributed by atoms with E-state index in [1.165, 1.54) is 0 Å². The maximum atomic E-state index is 13.1. The summed E-state index contributed by atoms with van der Waals surface area (Å²) in [6.07, 6.45) is -0.938. The van der Waals surface area contributed by atoms with Crippen LogP contribution in [0.2, 0.25) is 0 Å². The highest BCUT2D eigenvalue weighted by atomic mass is 16.6. The smallest absolute Gasteiger partial charge is 0.198 e. The van der Waals surface area contributed by atoms with Crippen LogP contribution in [-0.2, 0) is 11.3 Å². The highest BCUT2D eigenvalue weighted by Crippen LogP contribution is 2.47. The van der Waals surface area contributed by atoms with Crippen LogP contribution in [0.1, 0.15) is 27.6 Å². The quantitative estimate of drug-likeness (QED) is 0.415. The molecule has 0 radical (unpaired) electrons. The molecule has 1 heterocycles. The summed E-state index contributed by atoms with van der Waals surface area (Å²) >= 11 is 0. The molecule has 2 atom stereocenters. The summed E-state index contributed by atoms with van der Waals surface area (Å²) in [6.45, 7) is 0.393. The molecular weight excluding hydrogens is 368 g/mol. The van der Waals surface area contributed by atoms with E-state index < -0.39 is 6.10 Å². The molecule has 3 aromatic carbocycles. The number of para-hydroxylation sites is 2. The molecule has 1 aliphatic rings. The van der Waals surface area contributed by atoms with Crippen molar-refractivity contribution >= 4 is 5.78 Å². The normalized spacial score (nSPS) is 17.4. The van der Waals surface area contributed by atoms with E-state index in [4.69, 9.17) is 18.9 Å². The lowest BCUT2D eigenvalue weighted by atomic mass is 10.0. The van der Waals surface area contributed by atoms with Crippen molar-refractivity contribution < 1.29 is 23.7 Å². The maximum Gasteiger partial charge on any atom is 0.198 e. The first-order chi connectivity index (χ1) is 14.2. The molecule has 3 aromatic rings. The second-order valence-electron chi connectivity index (χ2n) is 6.69. The van der Waals surface area contributed by atoms with Crippen molar-refractivity contribution in [3.63, 3.8) is 0 Å². The zero-order chi connectivity index (χ0) is 20.2. The number of ether oxygens (including phenoxy) is 4. The number of hydrogen-bond acceptors (Lipinski definition) is 5. The second-order valence-corrected chi connectivity index (χ2v) is 6.69. The zero-order valence-electron chi connectivity index (χ0n) is 16.3. The fourth-order valence-corrected chi connectivity index (χ4v) is 3.37. The number of rotatable bonds is 8. The first kappa shape index (κ1) is 19.0. The number of methoxy groups -OCH3 is 2. The summed E-state index contributed by atoms with van der Waals surface area (Å²) < 4.78 is 22.5. The van der Waals surface area contributed by atoms with E-state index >= 15 is 0 Å². The molecule has 148 valence electrons. The highest BCUT2D eigenvalue weighted by molar-refractivity contribution is 6.03. The van der Waals surface area contributed by atoms with Gasteiger partial charge in [-0.15, -0.1) is 0 Å². The summed E-state index contributed by atoms with van der Waals surface area (Å²) in [7, 11) is 3.16. The number of hydrogen-bond donors (Lipinski definition) is 0. The van der Waals surface area contributed by atoms with Crippen molar-refractivity contribution in [2.45, 2.75) is 18.8 Å². The average Bonchev–Trinajstić information content (AvgIpc) is 3.58. The number of carbonyl (C=O) groups is 1. The molecule has 0 aromatic heterocycles. The van der Waals surface area contributed by atoms with Crippen molar-refractivity contribution in [3.8, 4) is 17.2 Å². The van der Waals surface area contributed by atoms with Crippen molar-refractivity contribution in [2.75, 3.05) is 14.2 Å². The standard InChI is InChI=1S/C24H22O5/c1-26-20-14-8-12-18(22(20)27-2)23-24(29-23)21(25)17-11-6-7-13-19(17)28-15-16-9-4-3-5-10-16/h3-14,23-24H,15H2,1-2H3/t23-,24+/m1/s1. The predicted octanol–water partition coefficient (Wildman–Crippen LogP) is 4.61. The summed E-state index contributed by atoms with van der Waals surface area (Å²) in [4.78, 5) is 13.1. The van der Waals surface area contributed by atoms with Gasteiger partial charge in [0.15, 0.2) is 23.4 Å². The maximum absolute atomic E-state index is 13.1. The average molecular weight is 390 g/mol. The molecule has 5 nitrogen and oxygen atoms in total. The van der Waals surface area contributed by atoms with Gasteiger partial charge in [-0.1, -0.05) is 54.6 Å². The molecule has 29 heavy (non-hydrogen) atoms. The van der Waals surface area contributed by atoms with Crippen LogP contribution in [0.5, 0.6) is 17.2 Å². The van der Waals surface area contributed by atoms with Gasteiger partial charge >= 0.3 is 0 Å². The zero-order valence-corrected chi connectivity index (χ0v) is 16.3. The van der Waals surface area contributed by atoms with Crippen molar-refractivity contribution in [3.05, 3.63) is 89.5 Å². The SMILES string of the molecule is COc1cccc([C@H]2O[C@H]2C(=O)c2ccccc2OCc2ccccc2)c1OC. The summed E-state index contributed by atoms with van der Waals surface area (Å²) in [5, 5.41) is 0. The van der Waals surface area contributed by atoms with Gasteiger partial charge in [-0.2, -0.15) is 0 Å². The number of carbonyl (C=O) groups excluding carboxylic acids is 1. The summed E-state index contributed by atoms with van der Waals surface area (Å²) in [6, 6.07) is 22.7. The van der Waals surface area contributed by atoms with Gasteiger partial charge in [0.05, 0.1) is 19.8 Å².